The molecule has 1 aliphatic heterocycles. The van der Waals surface area contributed by atoms with Crippen molar-refractivity contribution in [1.82, 2.24) is 4.90 Å². The fourth-order valence-electron chi connectivity index (χ4n) is 2.65. The molecule has 1 heterocycles. The predicted molar refractivity (Wildman–Crippen MR) is 53.9 cm³/mol. The van der Waals surface area contributed by atoms with Crippen LogP contribution in [0.3, 0.4) is 0 Å². The first-order valence-corrected chi connectivity index (χ1v) is 5.50. The highest BCUT2D eigenvalue weighted by molar-refractivity contribution is 5.83. The van der Waals surface area contributed by atoms with Gasteiger partial charge in [0.25, 0.3) is 0 Å². The molecule has 4 N–H and O–H groups in total. The molecule has 7 heteroatoms. The van der Waals surface area contributed by atoms with E-state index in [1.54, 1.807) is 6.92 Å². The summed E-state index contributed by atoms with van der Waals surface area (Å²) in [5.74, 6) is -2.80. The first-order chi connectivity index (χ1) is 7.91. The Kier molecular flexibility index (Phi) is 2.84. The van der Waals surface area contributed by atoms with E-state index in [2.05, 4.69) is 0 Å². The zero-order chi connectivity index (χ0) is 12.9. The zero-order valence-corrected chi connectivity index (χ0v) is 9.22. The van der Waals surface area contributed by atoms with E-state index in [0.29, 0.717) is 0 Å². The smallest absolute Gasteiger partial charge is 0.311 e. The van der Waals surface area contributed by atoms with Gasteiger partial charge < -0.3 is 25.3 Å². The van der Waals surface area contributed by atoms with Gasteiger partial charge >= 0.3 is 5.97 Å². The minimum absolute atomic E-state index is 0.193. The normalized spacial score (nSPS) is 44.1. The Balaban J connectivity index is 2.26. The van der Waals surface area contributed by atoms with Gasteiger partial charge in [-0.15, -0.1) is 0 Å². The number of aliphatic hydroxyl groups excluding tert-OH is 3. The fraction of sp³-hybridized carbons (Fsp3) is 0.800. The quantitative estimate of drug-likeness (QED) is 0.409. The lowest BCUT2D eigenvalue weighted by atomic mass is 9.83. The summed E-state index contributed by atoms with van der Waals surface area (Å²) in [7, 11) is 0. The lowest BCUT2D eigenvalue weighted by molar-refractivity contribution is -0.156. The van der Waals surface area contributed by atoms with E-state index in [-0.39, 0.29) is 12.3 Å². The molecular weight excluding hydrogens is 230 g/mol. The van der Waals surface area contributed by atoms with Crippen LogP contribution in [0.15, 0.2) is 0 Å². The highest BCUT2D eigenvalue weighted by atomic mass is 16.4. The molecule has 2 fully saturated rings. The third-order valence-corrected chi connectivity index (χ3v) is 3.56. The molecule has 1 saturated carbocycles. The second-order valence-electron chi connectivity index (χ2n) is 4.47. The Morgan fingerprint density at radius 2 is 1.65 bits per heavy atom. The van der Waals surface area contributed by atoms with Crippen LogP contribution >= 0.6 is 0 Å². The van der Waals surface area contributed by atoms with Crippen LogP contribution in [-0.2, 0) is 9.59 Å². The van der Waals surface area contributed by atoms with Crippen LogP contribution in [0.2, 0.25) is 0 Å². The van der Waals surface area contributed by atoms with E-state index in [1.807, 2.05) is 0 Å². The van der Waals surface area contributed by atoms with Crippen molar-refractivity contribution in [2.45, 2.75) is 43.7 Å². The molecule has 0 radical (unpaired) electrons. The standard InChI is InChI=1S/C10H15NO6/c1-2-3(12)11-5-4(10(16)17)7(13)9(15)8(14)6(5)11/h4-9,13-15H,2H2,1H3,(H,16,17). The topological polar surface area (TPSA) is 118 Å². The molecule has 6 atom stereocenters. The number of hydrogen-bond acceptors (Lipinski definition) is 5. The van der Waals surface area contributed by atoms with E-state index in [4.69, 9.17) is 5.11 Å². The largest absolute Gasteiger partial charge is 0.481 e. The third kappa shape index (κ3) is 1.62. The summed E-state index contributed by atoms with van der Waals surface area (Å²) in [4.78, 5) is 23.8. The summed E-state index contributed by atoms with van der Waals surface area (Å²) < 4.78 is 0. The highest BCUT2D eigenvalue weighted by Gasteiger charge is 2.67. The first-order valence-electron chi connectivity index (χ1n) is 5.50. The van der Waals surface area contributed by atoms with Gasteiger partial charge in [0.15, 0.2) is 0 Å². The van der Waals surface area contributed by atoms with Crippen molar-refractivity contribution in [2.24, 2.45) is 5.92 Å². The molecule has 96 valence electrons. The molecule has 17 heavy (non-hydrogen) atoms. The second-order valence-corrected chi connectivity index (χ2v) is 4.47. The maximum absolute atomic E-state index is 11.5. The van der Waals surface area contributed by atoms with Crippen LogP contribution in [0.25, 0.3) is 0 Å². The van der Waals surface area contributed by atoms with Crippen LogP contribution in [0, 0.1) is 5.92 Å². The van der Waals surface area contributed by atoms with Gasteiger partial charge in [0.2, 0.25) is 5.91 Å². The van der Waals surface area contributed by atoms with Crippen molar-refractivity contribution in [3.05, 3.63) is 0 Å². The summed E-state index contributed by atoms with van der Waals surface area (Å²) in [6.45, 7) is 1.63. The molecule has 0 aromatic rings. The average Bonchev–Trinajstić information content (AvgIpc) is 2.99. The molecule has 1 amide bonds. The fourth-order valence-corrected chi connectivity index (χ4v) is 2.65. The Labute approximate surface area is 97.3 Å². The summed E-state index contributed by atoms with van der Waals surface area (Å²) in [5.41, 5.74) is 0. The van der Waals surface area contributed by atoms with E-state index in [0.717, 1.165) is 0 Å². The van der Waals surface area contributed by atoms with Crippen LogP contribution in [0.4, 0.5) is 0 Å². The highest BCUT2D eigenvalue weighted by Crippen LogP contribution is 2.45. The van der Waals surface area contributed by atoms with Crippen molar-refractivity contribution < 1.29 is 30.0 Å². The molecule has 2 rings (SSSR count). The second kappa shape index (κ2) is 3.94. The number of fused-ring (bicyclic) bond motifs is 1. The number of carboxylic acids is 1. The molecule has 0 spiro atoms. The Morgan fingerprint density at radius 1 is 1.06 bits per heavy atom. The Bertz CT molecular complexity index is 359. The van der Waals surface area contributed by atoms with Gasteiger partial charge in [0.1, 0.15) is 18.1 Å². The molecule has 2 aliphatic rings. The lowest BCUT2D eigenvalue weighted by Gasteiger charge is -2.30. The number of carbonyl (C=O) groups excluding carboxylic acids is 1. The number of carboxylic acid groups (broad SMARTS) is 1. The van der Waals surface area contributed by atoms with Crippen LogP contribution in [0.1, 0.15) is 13.3 Å². The molecular formula is C10H15NO6. The Hall–Kier alpha value is -1.18. The number of carbonyl (C=O) groups is 2. The van der Waals surface area contributed by atoms with Crippen molar-refractivity contribution >= 4 is 11.9 Å². The number of nitrogens with zero attached hydrogens (tertiary/aromatic N) is 1. The first kappa shape index (κ1) is 12.3. The van der Waals surface area contributed by atoms with Gasteiger partial charge in [-0.25, -0.2) is 0 Å². The lowest BCUT2D eigenvalue weighted by Crippen LogP contribution is -2.53. The predicted octanol–water partition coefficient (Wildman–Crippen LogP) is -2.23. The Morgan fingerprint density at radius 3 is 2.12 bits per heavy atom. The van der Waals surface area contributed by atoms with Crippen molar-refractivity contribution in [3.63, 3.8) is 0 Å². The number of aliphatic hydroxyl groups is 3. The molecule has 0 bridgehead atoms. The minimum atomic E-state index is -1.56. The number of likely N-dealkylation sites (tertiary alicyclic amines) is 1. The summed E-state index contributed by atoms with van der Waals surface area (Å²) >= 11 is 0. The van der Waals surface area contributed by atoms with Gasteiger partial charge in [-0.3, -0.25) is 9.59 Å². The van der Waals surface area contributed by atoms with Gasteiger partial charge in [-0.2, -0.15) is 0 Å². The third-order valence-electron chi connectivity index (χ3n) is 3.56. The van der Waals surface area contributed by atoms with Gasteiger partial charge in [0.05, 0.1) is 18.2 Å². The average molecular weight is 245 g/mol. The minimum Gasteiger partial charge on any atom is -0.481 e. The molecule has 7 nitrogen and oxygen atoms in total. The van der Waals surface area contributed by atoms with Crippen LogP contribution < -0.4 is 0 Å². The molecule has 0 aromatic heterocycles. The molecule has 0 aromatic carbocycles. The van der Waals surface area contributed by atoms with E-state index < -0.39 is 42.3 Å². The van der Waals surface area contributed by atoms with Gasteiger partial charge in [-0.05, 0) is 0 Å². The van der Waals surface area contributed by atoms with Crippen molar-refractivity contribution in [3.8, 4) is 0 Å². The van der Waals surface area contributed by atoms with Crippen LogP contribution in [-0.4, -0.2) is 67.6 Å². The SMILES string of the molecule is CCC(=O)N1C2C(O)C(O)C(O)C(C(=O)O)C21. The van der Waals surface area contributed by atoms with Crippen LogP contribution in [0.5, 0.6) is 0 Å². The number of hydrogen-bond donors (Lipinski definition) is 4. The van der Waals surface area contributed by atoms with E-state index in [9.17, 15) is 24.9 Å². The molecule has 1 aliphatic carbocycles. The summed E-state index contributed by atoms with van der Waals surface area (Å²) in [6.07, 6.45) is -4.19. The van der Waals surface area contributed by atoms with Gasteiger partial charge in [-0.1, -0.05) is 6.92 Å². The molecule has 1 saturated heterocycles. The van der Waals surface area contributed by atoms with Crippen molar-refractivity contribution in [1.29, 1.82) is 0 Å². The molecule has 6 unspecified atom stereocenters. The summed E-state index contributed by atoms with van der Waals surface area (Å²) in [6, 6.07) is -1.41. The number of aliphatic carboxylic acids is 1. The van der Waals surface area contributed by atoms with Crippen molar-refractivity contribution in [2.75, 3.05) is 0 Å². The maximum atomic E-state index is 11.5. The van der Waals surface area contributed by atoms with E-state index in [1.165, 1.54) is 4.90 Å². The van der Waals surface area contributed by atoms with Gasteiger partial charge in [0, 0.05) is 6.42 Å². The monoisotopic (exact) mass is 245 g/mol. The number of amides is 1. The maximum Gasteiger partial charge on any atom is 0.311 e. The zero-order valence-electron chi connectivity index (χ0n) is 9.22. The number of rotatable bonds is 2. The summed E-state index contributed by atoms with van der Waals surface area (Å²) in [5, 5.41) is 37.8. The van der Waals surface area contributed by atoms with E-state index >= 15 is 0 Å².